The van der Waals surface area contributed by atoms with E-state index in [0.29, 0.717) is 23.9 Å². The molecule has 0 bridgehead atoms. The highest BCUT2D eigenvalue weighted by atomic mass is 31.2. The lowest BCUT2D eigenvalue weighted by Crippen LogP contribution is -2.37. The van der Waals surface area contributed by atoms with Crippen LogP contribution in [-0.2, 0) is 32.7 Å². The van der Waals surface area contributed by atoms with E-state index < -0.39 is 26.5 Å². The molecule has 0 heterocycles. The number of quaternary nitrogens is 1. The molecule has 0 aliphatic rings. The van der Waals surface area contributed by atoms with Crippen LogP contribution in [0.5, 0.6) is 0 Å². The Hall–Kier alpha value is -0.990. The second-order valence-electron chi connectivity index (χ2n) is 11.9. The highest BCUT2D eigenvalue weighted by Gasteiger charge is 2.27. The Morgan fingerprint density at radius 2 is 1.12 bits per heavy atom. The molecule has 1 N–H and O–H groups in total. The minimum Gasteiger partial charge on any atom is -0.462 e. The molecular formula is C30H61NO8P+. The van der Waals surface area contributed by atoms with Crippen molar-refractivity contribution in [3.05, 3.63) is 0 Å². The van der Waals surface area contributed by atoms with Crippen LogP contribution in [0.1, 0.15) is 129 Å². The van der Waals surface area contributed by atoms with E-state index in [4.69, 9.17) is 18.5 Å². The van der Waals surface area contributed by atoms with Gasteiger partial charge in [0.15, 0.2) is 6.10 Å². The average Bonchev–Trinajstić information content (AvgIpc) is 2.88. The molecule has 0 saturated heterocycles. The molecule has 0 aromatic heterocycles. The van der Waals surface area contributed by atoms with Gasteiger partial charge >= 0.3 is 19.8 Å². The largest absolute Gasteiger partial charge is 0.472 e. The minimum absolute atomic E-state index is 0.0354. The van der Waals surface area contributed by atoms with Crippen LogP contribution in [0, 0.1) is 0 Å². The van der Waals surface area contributed by atoms with Crippen LogP contribution >= 0.6 is 7.82 Å². The van der Waals surface area contributed by atoms with Crippen LogP contribution in [-0.4, -0.2) is 74.9 Å². The number of phosphoric acid groups is 1. The fraction of sp³-hybridized carbons (Fsp3) is 0.933. The molecule has 0 aromatic rings. The van der Waals surface area contributed by atoms with Gasteiger partial charge in [-0.1, -0.05) is 104 Å². The second kappa shape index (κ2) is 24.6. The van der Waals surface area contributed by atoms with Crippen LogP contribution in [0.3, 0.4) is 0 Å². The molecule has 0 fully saturated rings. The summed E-state index contributed by atoms with van der Waals surface area (Å²) in [5.74, 6) is -0.807. The number of rotatable bonds is 28. The standard InChI is InChI=1S/C30H60NO8P/c1-6-8-10-12-14-15-17-18-20-22-29(32)36-26-28(27-38-40(34,35)37-25-24-31(3,4)5)39-30(33)23-21-19-16-13-11-9-7-2/h28H,6-27H2,1-5H3/p+1/t28-/m1/s1. The predicted octanol–water partition coefficient (Wildman–Crippen LogP) is 7.34. The normalized spacial score (nSPS) is 14.1. The van der Waals surface area contributed by atoms with Crippen LogP contribution in [0.25, 0.3) is 0 Å². The third-order valence-electron chi connectivity index (χ3n) is 6.64. The fourth-order valence-electron chi connectivity index (χ4n) is 4.07. The number of unbranched alkanes of at least 4 members (excludes halogenated alkanes) is 14. The highest BCUT2D eigenvalue weighted by Crippen LogP contribution is 2.43. The lowest BCUT2D eigenvalue weighted by Gasteiger charge is -2.24. The van der Waals surface area contributed by atoms with Crippen molar-refractivity contribution in [2.75, 3.05) is 47.5 Å². The van der Waals surface area contributed by atoms with Gasteiger partial charge in [-0.15, -0.1) is 0 Å². The molecule has 0 rings (SSSR count). The average molecular weight is 595 g/mol. The Morgan fingerprint density at radius 3 is 1.60 bits per heavy atom. The summed E-state index contributed by atoms with van der Waals surface area (Å²) in [5.41, 5.74) is 0. The molecule has 0 aromatic carbocycles. The molecule has 0 spiro atoms. The lowest BCUT2D eigenvalue weighted by atomic mass is 10.1. The molecule has 0 aliphatic heterocycles. The van der Waals surface area contributed by atoms with Crippen molar-refractivity contribution in [2.45, 2.75) is 136 Å². The smallest absolute Gasteiger partial charge is 0.462 e. The van der Waals surface area contributed by atoms with Crippen molar-refractivity contribution in [1.82, 2.24) is 0 Å². The first-order valence-electron chi connectivity index (χ1n) is 15.8. The highest BCUT2D eigenvalue weighted by molar-refractivity contribution is 7.47. The first-order valence-corrected chi connectivity index (χ1v) is 17.3. The zero-order valence-corrected chi connectivity index (χ0v) is 27.2. The monoisotopic (exact) mass is 594 g/mol. The topological polar surface area (TPSA) is 108 Å². The summed E-state index contributed by atoms with van der Waals surface area (Å²) in [7, 11) is 1.48. The Balaban J connectivity index is 4.52. The summed E-state index contributed by atoms with van der Waals surface area (Å²) in [5, 5.41) is 0. The van der Waals surface area contributed by atoms with Crippen LogP contribution in [0.4, 0.5) is 0 Å². The van der Waals surface area contributed by atoms with Crippen LogP contribution < -0.4 is 0 Å². The van der Waals surface area contributed by atoms with Gasteiger partial charge in [-0.3, -0.25) is 18.6 Å². The summed E-state index contributed by atoms with van der Waals surface area (Å²) in [4.78, 5) is 34.7. The SMILES string of the molecule is CCCCCCCCCCCC(=O)OC[C@H](COP(=O)(O)OCC[N+](C)(C)C)OC(=O)CCCCCCCCC. The Morgan fingerprint density at radius 1 is 0.675 bits per heavy atom. The summed E-state index contributed by atoms with van der Waals surface area (Å²) in [6.45, 7) is 4.32. The summed E-state index contributed by atoms with van der Waals surface area (Å²) in [6.07, 6.45) is 17.5. The van der Waals surface area contributed by atoms with Crippen molar-refractivity contribution in [3.63, 3.8) is 0 Å². The van der Waals surface area contributed by atoms with Gasteiger partial charge in [-0.05, 0) is 12.8 Å². The quantitative estimate of drug-likeness (QED) is 0.0434. The lowest BCUT2D eigenvalue weighted by molar-refractivity contribution is -0.870. The summed E-state index contributed by atoms with van der Waals surface area (Å²) < 4.78 is 33.8. The first kappa shape index (κ1) is 39.0. The molecule has 0 radical (unpaired) electrons. The second-order valence-corrected chi connectivity index (χ2v) is 13.3. The maximum absolute atomic E-state index is 12.4. The van der Waals surface area contributed by atoms with E-state index in [1.165, 1.54) is 57.8 Å². The Bertz CT molecular complexity index is 683. The van der Waals surface area contributed by atoms with Gasteiger partial charge in [-0.2, -0.15) is 0 Å². The molecule has 10 heteroatoms. The van der Waals surface area contributed by atoms with E-state index in [9.17, 15) is 19.0 Å². The van der Waals surface area contributed by atoms with Crippen molar-refractivity contribution in [1.29, 1.82) is 0 Å². The molecular weight excluding hydrogens is 533 g/mol. The molecule has 40 heavy (non-hydrogen) atoms. The maximum Gasteiger partial charge on any atom is 0.472 e. The number of carbonyl (C=O) groups excluding carboxylic acids is 2. The Labute approximate surface area is 244 Å². The molecule has 1 unspecified atom stereocenters. The van der Waals surface area contributed by atoms with Crippen LogP contribution in [0.15, 0.2) is 0 Å². The molecule has 0 amide bonds. The van der Waals surface area contributed by atoms with Crippen molar-refractivity contribution >= 4 is 19.8 Å². The molecule has 238 valence electrons. The number of hydrogen-bond donors (Lipinski definition) is 1. The first-order chi connectivity index (χ1) is 19.0. The van der Waals surface area contributed by atoms with E-state index in [0.717, 1.165) is 38.5 Å². The zero-order chi connectivity index (χ0) is 30.1. The van der Waals surface area contributed by atoms with E-state index in [2.05, 4.69) is 13.8 Å². The van der Waals surface area contributed by atoms with Gasteiger partial charge in [0.25, 0.3) is 0 Å². The van der Waals surface area contributed by atoms with Crippen molar-refractivity contribution in [2.24, 2.45) is 0 Å². The zero-order valence-electron chi connectivity index (χ0n) is 26.3. The van der Waals surface area contributed by atoms with Gasteiger partial charge in [0.2, 0.25) is 0 Å². The number of hydrogen-bond acceptors (Lipinski definition) is 7. The third-order valence-corrected chi connectivity index (χ3v) is 7.62. The number of esters is 2. The molecule has 0 saturated carbocycles. The maximum atomic E-state index is 12.4. The molecule has 2 atom stereocenters. The number of likely N-dealkylation sites (N-methyl/N-ethyl adjacent to an activating group) is 1. The number of nitrogens with zero attached hydrogens (tertiary/aromatic N) is 1. The van der Waals surface area contributed by atoms with Crippen molar-refractivity contribution < 1.29 is 42.1 Å². The number of ether oxygens (including phenoxy) is 2. The van der Waals surface area contributed by atoms with Crippen LogP contribution in [0.2, 0.25) is 0 Å². The summed E-state index contributed by atoms with van der Waals surface area (Å²) >= 11 is 0. The number of phosphoric ester groups is 1. The van der Waals surface area contributed by atoms with E-state index in [1.54, 1.807) is 0 Å². The minimum atomic E-state index is -4.34. The predicted molar refractivity (Wildman–Crippen MR) is 160 cm³/mol. The molecule has 9 nitrogen and oxygen atoms in total. The Kier molecular flexibility index (Phi) is 24.0. The third kappa shape index (κ3) is 27.2. The molecule has 0 aliphatic carbocycles. The van der Waals surface area contributed by atoms with Crippen molar-refractivity contribution in [3.8, 4) is 0 Å². The number of carbonyl (C=O) groups is 2. The van der Waals surface area contributed by atoms with Gasteiger partial charge in [0.1, 0.15) is 19.8 Å². The summed E-state index contributed by atoms with van der Waals surface area (Å²) in [6, 6.07) is 0. The van der Waals surface area contributed by atoms with Gasteiger partial charge in [0.05, 0.1) is 27.7 Å². The van der Waals surface area contributed by atoms with E-state index in [-0.39, 0.29) is 25.6 Å². The van der Waals surface area contributed by atoms with Gasteiger partial charge in [0, 0.05) is 12.8 Å². The van der Waals surface area contributed by atoms with Gasteiger partial charge < -0.3 is 18.9 Å². The van der Waals surface area contributed by atoms with Gasteiger partial charge in [-0.25, -0.2) is 4.57 Å². The van der Waals surface area contributed by atoms with E-state index >= 15 is 0 Å². The fourth-order valence-corrected chi connectivity index (χ4v) is 4.81. The van der Waals surface area contributed by atoms with E-state index in [1.807, 2.05) is 21.1 Å².